The van der Waals surface area contributed by atoms with E-state index in [0.717, 1.165) is 12.2 Å². The van der Waals surface area contributed by atoms with E-state index >= 15 is 0 Å². The van der Waals surface area contributed by atoms with Crippen LogP contribution in [0.3, 0.4) is 0 Å². The minimum atomic E-state index is 0. The third-order valence-corrected chi connectivity index (χ3v) is 2.80. The molecule has 0 atom stereocenters. The van der Waals surface area contributed by atoms with E-state index in [0.29, 0.717) is 6.10 Å². The topological polar surface area (TPSA) is 9.23 Å². The molecule has 1 aliphatic carbocycles. The second kappa shape index (κ2) is 9.46. The van der Waals surface area contributed by atoms with Crippen molar-refractivity contribution in [1.82, 2.24) is 0 Å². The second-order valence-corrected chi connectivity index (χ2v) is 3.96. The van der Waals surface area contributed by atoms with Crippen molar-refractivity contribution in [2.24, 2.45) is 0 Å². The first-order valence-corrected chi connectivity index (χ1v) is 5.52. The Balaban J connectivity index is 0.00000112. The van der Waals surface area contributed by atoms with Gasteiger partial charge in [0.2, 0.25) is 0 Å². The molecule has 0 N–H and O–H groups in total. The van der Waals surface area contributed by atoms with Crippen LogP contribution in [-0.4, -0.2) is 29.2 Å². The van der Waals surface area contributed by atoms with Gasteiger partial charge in [-0.2, -0.15) is 30.3 Å². The molecule has 1 aromatic rings. The van der Waals surface area contributed by atoms with Crippen LogP contribution in [0.25, 0.3) is 0 Å². The van der Waals surface area contributed by atoms with Crippen LogP contribution in [0, 0.1) is 6.07 Å². The van der Waals surface area contributed by atoms with Gasteiger partial charge in [-0.1, -0.05) is 19.3 Å². The summed E-state index contributed by atoms with van der Waals surface area (Å²) in [5.74, 6) is 0. The van der Waals surface area contributed by atoms with Gasteiger partial charge in [0.05, 0.1) is 6.10 Å². The van der Waals surface area contributed by atoms with Crippen LogP contribution in [0.15, 0.2) is 24.3 Å². The normalized spacial score (nSPS) is 16.0. The molecule has 1 nitrogen and oxygen atoms in total. The predicted molar refractivity (Wildman–Crippen MR) is 62.7 cm³/mol. The smallest absolute Gasteiger partial charge is 1.00 e. The Morgan fingerprint density at radius 1 is 1.19 bits per heavy atom. The van der Waals surface area contributed by atoms with E-state index in [2.05, 4.69) is 12.1 Å². The monoisotopic (exact) mass is 292 g/mol. The molecule has 3 heteroatoms. The third-order valence-electron chi connectivity index (χ3n) is 2.80. The molecule has 0 amide bonds. The molecule has 0 radical (unpaired) electrons. The summed E-state index contributed by atoms with van der Waals surface area (Å²) in [6, 6.07) is 11.2. The van der Waals surface area contributed by atoms with E-state index in [-0.39, 0.29) is 40.0 Å². The zero-order valence-electron chi connectivity index (χ0n) is 9.62. The number of ether oxygens (including phenoxy) is 1. The summed E-state index contributed by atoms with van der Waals surface area (Å²) in [5, 5.41) is 0. The molecule has 0 heterocycles. The average molecular weight is 293 g/mol. The Kier molecular flexibility index (Phi) is 9.71. The SMILES string of the molecule is [Br-].[Mg+2].[c-]1ccccc1COC1CCCCC1. The van der Waals surface area contributed by atoms with Crippen molar-refractivity contribution in [2.45, 2.75) is 44.8 Å². The molecular weight excluding hydrogens is 276 g/mol. The van der Waals surface area contributed by atoms with Gasteiger partial charge in [0.15, 0.2) is 0 Å². The van der Waals surface area contributed by atoms with Crippen LogP contribution in [0.2, 0.25) is 0 Å². The van der Waals surface area contributed by atoms with E-state index in [9.17, 15) is 0 Å². The van der Waals surface area contributed by atoms with Crippen LogP contribution < -0.4 is 17.0 Å². The molecule has 0 unspecified atom stereocenters. The van der Waals surface area contributed by atoms with Gasteiger partial charge >= 0.3 is 23.1 Å². The molecule has 84 valence electrons. The first-order valence-electron chi connectivity index (χ1n) is 5.52. The maximum absolute atomic E-state index is 5.84. The molecule has 1 aromatic carbocycles. The molecule has 1 saturated carbocycles. The van der Waals surface area contributed by atoms with Gasteiger partial charge in [-0.15, -0.1) is 5.56 Å². The summed E-state index contributed by atoms with van der Waals surface area (Å²) in [7, 11) is 0. The fraction of sp³-hybridized carbons (Fsp3) is 0.538. The molecule has 0 bridgehead atoms. The Morgan fingerprint density at radius 2 is 1.94 bits per heavy atom. The van der Waals surface area contributed by atoms with E-state index < -0.39 is 0 Å². The molecule has 1 aliphatic rings. The number of hydrogen-bond acceptors (Lipinski definition) is 1. The van der Waals surface area contributed by atoms with Crippen molar-refractivity contribution in [3.63, 3.8) is 0 Å². The quantitative estimate of drug-likeness (QED) is 0.561. The number of halogens is 1. The van der Waals surface area contributed by atoms with Crippen molar-refractivity contribution < 1.29 is 21.7 Å². The maximum atomic E-state index is 5.84. The molecule has 0 aliphatic heterocycles. The first kappa shape index (κ1) is 16.4. The van der Waals surface area contributed by atoms with Crippen LogP contribution in [-0.2, 0) is 11.3 Å². The summed E-state index contributed by atoms with van der Waals surface area (Å²) >= 11 is 0. The van der Waals surface area contributed by atoms with Gasteiger partial charge in [0, 0.05) is 6.61 Å². The Bertz CT molecular complexity index is 260. The van der Waals surface area contributed by atoms with Crippen molar-refractivity contribution in [3.05, 3.63) is 35.9 Å². The Labute approximate surface area is 125 Å². The van der Waals surface area contributed by atoms with Gasteiger partial charge in [0.1, 0.15) is 0 Å². The fourth-order valence-corrected chi connectivity index (χ4v) is 1.96. The van der Waals surface area contributed by atoms with Crippen molar-refractivity contribution >= 4 is 23.1 Å². The van der Waals surface area contributed by atoms with E-state index in [1.165, 1.54) is 32.1 Å². The molecule has 1 fully saturated rings. The molecule has 0 saturated heterocycles. The van der Waals surface area contributed by atoms with Gasteiger partial charge in [-0.25, -0.2) is 0 Å². The third kappa shape index (κ3) is 5.66. The van der Waals surface area contributed by atoms with E-state index in [4.69, 9.17) is 4.74 Å². The Morgan fingerprint density at radius 3 is 2.56 bits per heavy atom. The fourth-order valence-electron chi connectivity index (χ4n) is 1.96. The molecule has 0 spiro atoms. The van der Waals surface area contributed by atoms with Crippen molar-refractivity contribution in [2.75, 3.05) is 0 Å². The van der Waals surface area contributed by atoms with Crippen LogP contribution in [0.1, 0.15) is 37.7 Å². The number of rotatable bonds is 3. The standard InChI is InChI=1S/C13H17O.BrH.Mg/c1-3-7-12(8-4-1)11-14-13-9-5-2-6-10-13;;/h1,3-4,7,13H,2,5-6,9-11H2;1H;/q-1;;+2/p-1. The molecule has 16 heavy (non-hydrogen) atoms. The Hall–Kier alpha value is 0.426. The first-order chi connectivity index (χ1) is 6.95. The van der Waals surface area contributed by atoms with Crippen molar-refractivity contribution in [1.29, 1.82) is 0 Å². The van der Waals surface area contributed by atoms with E-state index in [1.54, 1.807) is 0 Å². The molecular formula is C13H17BrMgO. The van der Waals surface area contributed by atoms with Gasteiger partial charge in [-0.05, 0) is 12.8 Å². The summed E-state index contributed by atoms with van der Waals surface area (Å²) < 4.78 is 5.84. The van der Waals surface area contributed by atoms with Gasteiger partial charge < -0.3 is 21.7 Å². The minimum Gasteiger partial charge on any atom is -1.00 e. The average Bonchev–Trinajstić information content (AvgIpc) is 2.29. The largest absolute Gasteiger partial charge is 2.00 e. The second-order valence-electron chi connectivity index (χ2n) is 3.96. The predicted octanol–water partition coefficient (Wildman–Crippen LogP) is -0.0407. The molecule has 0 aromatic heterocycles. The zero-order valence-corrected chi connectivity index (χ0v) is 12.6. The van der Waals surface area contributed by atoms with Crippen molar-refractivity contribution in [3.8, 4) is 0 Å². The van der Waals surface area contributed by atoms with Gasteiger partial charge in [0.25, 0.3) is 0 Å². The van der Waals surface area contributed by atoms with Crippen LogP contribution in [0.4, 0.5) is 0 Å². The minimum absolute atomic E-state index is 0. The van der Waals surface area contributed by atoms with Gasteiger partial charge in [-0.3, -0.25) is 0 Å². The van der Waals surface area contributed by atoms with E-state index in [1.807, 2.05) is 18.2 Å². The summed E-state index contributed by atoms with van der Waals surface area (Å²) in [4.78, 5) is 0. The zero-order chi connectivity index (χ0) is 9.64. The summed E-state index contributed by atoms with van der Waals surface area (Å²) in [5.41, 5.74) is 1.16. The number of benzene rings is 1. The summed E-state index contributed by atoms with van der Waals surface area (Å²) in [6.07, 6.45) is 7.04. The number of hydrogen-bond donors (Lipinski definition) is 0. The molecule has 2 rings (SSSR count). The van der Waals surface area contributed by atoms with Crippen LogP contribution >= 0.6 is 0 Å². The summed E-state index contributed by atoms with van der Waals surface area (Å²) in [6.45, 7) is 0.728. The maximum Gasteiger partial charge on any atom is 2.00 e. The van der Waals surface area contributed by atoms with Crippen LogP contribution in [0.5, 0.6) is 0 Å².